The van der Waals surface area contributed by atoms with E-state index in [1.54, 1.807) is 19.2 Å². The molecule has 0 aliphatic carbocycles. The second kappa shape index (κ2) is 5.22. The predicted molar refractivity (Wildman–Crippen MR) is 78.0 cm³/mol. The Bertz CT molecular complexity index is 682. The molecule has 0 aromatic heterocycles. The van der Waals surface area contributed by atoms with Crippen LogP contribution < -0.4 is 0 Å². The van der Waals surface area contributed by atoms with Crippen molar-refractivity contribution in [3.63, 3.8) is 0 Å². The van der Waals surface area contributed by atoms with E-state index < -0.39 is 11.7 Å². The summed E-state index contributed by atoms with van der Waals surface area (Å²) in [6, 6.07) is 2.71. The number of nitrogens with zero attached hydrogens (tertiary/aromatic N) is 1. The largest absolute Gasteiger partial charge is 0.498 e. The van der Waals surface area contributed by atoms with Crippen LogP contribution in [0, 0.1) is 0 Å². The molecule has 0 spiro atoms. The molecule has 7 heteroatoms. The van der Waals surface area contributed by atoms with Crippen LogP contribution >= 0.6 is 11.9 Å². The zero-order valence-electron chi connectivity index (χ0n) is 12.1. The summed E-state index contributed by atoms with van der Waals surface area (Å²) in [4.78, 5) is 12.2. The summed E-state index contributed by atoms with van der Waals surface area (Å²) in [6.07, 6.45) is -2.25. The van der Waals surface area contributed by atoms with E-state index in [-0.39, 0.29) is 23.6 Å². The van der Waals surface area contributed by atoms with Crippen molar-refractivity contribution < 1.29 is 22.7 Å². The van der Waals surface area contributed by atoms with E-state index in [2.05, 4.69) is 0 Å². The third kappa shape index (κ3) is 2.37. The highest BCUT2D eigenvalue weighted by Crippen LogP contribution is 2.41. The Morgan fingerprint density at radius 1 is 1.32 bits per heavy atom. The zero-order chi connectivity index (χ0) is 16.1. The second-order valence-electron chi connectivity index (χ2n) is 5.21. The van der Waals surface area contributed by atoms with Crippen molar-refractivity contribution in [3.8, 4) is 0 Å². The average Bonchev–Trinajstić information content (AvgIpc) is 3.01. The number of halogens is 3. The Labute approximate surface area is 130 Å². The number of alkyl halides is 3. The zero-order valence-corrected chi connectivity index (χ0v) is 12.9. The molecule has 118 valence electrons. The standard InChI is InChI=1S/C15H14F3NO2S/c1-8-10(3-4-21-8)9-5-11-12(7-19(22-2)14(11)20)13(6-9)15(16,17)18/h5-6H,3-4,7H2,1-2H3. The molecular formula is C15H14F3NO2S. The fourth-order valence-corrected chi connectivity index (χ4v) is 3.40. The van der Waals surface area contributed by atoms with Crippen molar-refractivity contribution in [2.45, 2.75) is 26.1 Å². The Kier molecular flexibility index (Phi) is 3.63. The van der Waals surface area contributed by atoms with Gasteiger partial charge in [-0.15, -0.1) is 0 Å². The maximum absolute atomic E-state index is 13.4. The first-order chi connectivity index (χ1) is 10.3. The summed E-state index contributed by atoms with van der Waals surface area (Å²) in [5, 5.41) is 0. The molecule has 2 aliphatic rings. The second-order valence-corrected chi connectivity index (χ2v) is 6.01. The van der Waals surface area contributed by atoms with Gasteiger partial charge in [0.05, 0.1) is 24.5 Å². The number of carbonyl (C=O) groups is 1. The fourth-order valence-electron chi connectivity index (χ4n) is 2.87. The highest BCUT2D eigenvalue weighted by molar-refractivity contribution is 7.96. The van der Waals surface area contributed by atoms with Crippen LogP contribution in [-0.4, -0.2) is 23.1 Å². The Morgan fingerprint density at radius 3 is 2.59 bits per heavy atom. The molecule has 0 saturated carbocycles. The first kappa shape index (κ1) is 15.3. The molecule has 0 fully saturated rings. The lowest BCUT2D eigenvalue weighted by Gasteiger charge is -2.14. The Balaban J connectivity index is 2.19. The van der Waals surface area contributed by atoms with Gasteiger partial charge in [0.2, 0.25) is 0 Å². The summed E-state index contributed by atoms with van der Waals surface area (Å²) >= 11 is 1.13. The van der Waals surface area contributed by atoms with Gasteiger partial charge >= 0.3 is 6.18 Å². The molecule has 0 radical (unpaired) electrons. The monoisotopic (exact) mass is 329 g/mol. The molecule has 3 rings (SSSR count). The van der Waals surface area contributed by atoms with Gasteiger partial charge in [-0.25, -0.2) is 0 Å². The van der Waals surface area contributed by atoms with Gasteiger partial charge in [-0.3, -0.25) is 9.10 Å². The number of fused-ring (bicyclic) bond motifs is 1. The molecule has 0 bridgehead atoms. The fraction of sp³-hybridized carbons (Fsp3) is 0.400. The molecule has 2 aliphatic heterocycles. The number of amides is 1. The van der Waals surface area contributed by atoms with Crippen LogP contribution in [0.15, 0.2) is 17.9 Å². The molecule has 1 aromatic carbocycles. The average molecular weight is 329 g/mol. The minimum atomic E-state index is -4.48. The molecule has 1 amide bonds. The number of benzene rings is 1. The molecule has 0 N–H and O–H groups in total. The van der Waals surface area contributed by atoms with E-state index in [4.69, 9.17) is 4.74 Å². The number of allylic oxidation sites excluding steroid dienone is 1. The summed E-state index contributed by atoms with van der Waals surface area (Å²) in [5.41, 5.74) is 0.650. The SMILES string of the molecule is CSN1Cc2c(cc(C3=C(C)OCC3)cc2C(F)(F)F)C1=O. The van der Waals surface area contributed by atoms with E-state index in [1.807, 2.05) is 0 Å². The molecular weight excluding hydrogens is 315 g/mol. The molecule has 0 saturated heterocycles. The van der Waals surface area contributed by atoms with Gasteiger partial charge in [0.1, 0.15) is 0 Å². The van der Waals surface area contributed by atoms with Crippen LogP contribution in [0.4, 0.5) is 13.2 Å². The lowest BCUT2D eigenvalue weighted by molar-refractivity contribution is -0.138. The van der Waals surface area contributed by atoms with Gasteiger partial charge in [-0.2, -0.15) is 13.2 Å². The molecule has 22 heavy (non-hydrogen) atoms. The highest BCUT2D eigenvalue weighted by Gasteiger charge is 2.40. The number of carbonyl (C=O) groups excluding carboxylic acids is 1. The van der Waals surface area contributed by atoms with Crippen LogP contribution in [0.25, 0.3) is 5.57 Å². The topological polar surface area (TPSA) is 29.5 Å². The number of ether oxygens (including phenoxy) is 1. The molecule has 0 atom stereocenters. The number of rotatable bonds is 2. The van der Waals surface area contributed by atoms with Crippen LogP contribution in [0.2, 0.25) is 0 Å². The van der Waals surface area contributed by atoms with E-state index in [1.165, 1.54) is 4.31 Å². The van der Waals surface area contributed by atoms with Crippen molar-refractivity contribution in [1.82, 2.24) is 4.31 Å². The molecule has 1 aromatic rings. The lowest BCUT2D eigenvalue weighted by Crippen LogP contribution is -2.14. The summed E-state index contributed by atoms with van der Waals surface area (Å²) in [7, 11) is 0. The third-order valence-electron chi connectivity index (χ3n) is 3.98. The van der Waals surface area contributed by atoms with Gasteiger partial charge in [-0.1, -0.05) is 11.9 Å². The van der Waals surface area contributed by atoms with Crippen LogP contribution in [0.3, 0.4) is 0 Å². The quantitative estimate of drug-likeness (QED) is 0.766. The minimum Gasteiger partial charge on any atom is -0.498 e. The predicted octanol–water partition coefficient (Wildman–Crippen LogP) is 4.09. The van der Waals surface area contributed by atoms with Gasteiger partial charge in [0, 0.05) is 23.8 Å². The smallest absolute Gasteiger partial charge is 0.416 e. The van der Waals surface area contributed by atoms with Crippen molar-refractivity contribution in [3.05, 3.63) is 40.1 Å². The van der Waals surface area contributed by atoms with Gasteiger partial charge in [0.15, 0.2) is 0 Å². The van der Waals surface area contributed by atoms with Crippen molar-refractivity contribution in [1.29, 1.82) is 0 Å². The Morgan fingerprint density at radius 2 is 2.05 bits per heavy atom. The molecule has 2 heterocycles. The molecule has 0 unspecified atom stereocenters. The van der Waals surface area contributed by atoms with Gasteiger partial charge < -0.3 is 4.74 Å². The summed E-state index contributed by atoms with van der Waals surface area (Å²) < 4.78 is 46.8. The van der Waals surface area contributed by atoms with E-state index in [9.17, 15) is 18.0 Å². The number of hydrogen-bond acceptors (Lipinski definition) is 3. The summed E-state index contributed by atoms with van der Waals surface area (Å²) in [5.74, 6) is 0.257. The van der Waals surface area contributed by atoms with Crippen LogP contribution in [0.1, 0.15) is 40.4 Å². The number of hydrogen-bond donors (Lipinski definition) is 0. The van der Waals surface area contributed by atoms with Crippen molar-refractivity contribution in [2.75, 3.05) is 12.9 Å². The van der Waals surface area contributed by atoms with Crippen LogP contribution in [0.5, 0.6) is 0 Å². The van der Waals surface area contributed by atoms with Gasteiger partial charge in [0.25, 0.3) is 5.91 Å². The van der Waals surface area contributed by atoms with E-state index in [0.717, 1.165) is 23.6 Å². The van der Waals surface area contributed by atoms with E-state index >= 15 is 0 Å². The van der Waals surface area contributed by atoms with Crippen LogP contribution in [-0.2, 0) is 17.5 Å². The normalized spacial score (nSPS) is 18.0. The van der Waals surface area contributed by atoms with Crippen molar-refractivity contribution >= 4 is 23.4 Å². The van der Waals surface area contributed by atoms with Crippen molar-refractivity contribution in [2.24, 2.45) is 0 Å². The maximum Gasteiger partial charge on any atom is 0.416 e. The lowest BCUT2D eigenvalue weighted by atomic mass is 9.94. The van der Waals surface area contributed by atoms with E-state index in [0.29, 0.717) is 24.4 Å². The minimum absolute atomic E-state index is 0.0149. The molecule has 3 nitrogen and oxygen atoms in total. The summed E-state index contributed by atoms with van der Waals surface area (Å²) in [6.45, 7) is 2.18. The Hall–Kier alpha value is -1.63. The first-order valence-corrected chi connectivity index (χ1v) is 7.94. The third-order valence-corrected chi connectivity index (χ3v) is 4.71. The first-order valence-electron chi connectivity index (χ1n) is 6.76. The highest BCUT2D eigenvalue weighted by atomic mass is 32.2. The maximum atomic E-state index is 13.4. The van der Waals surface area contributed by atoms with Gasteiger partial charge in [-0.05, 0) is 30.2 Å².